The van der Waals surface area contributed by atoms with Gasteiger partial charge in [-0.05, 0) is 0 Å². The first-order valence-electron chi connectivity index (χ1n) is 9.79. The zero-order valence-electron chi connectivity index (χ0n) is 17.2. The molecule has 4 aromatic rings. The third-order valence-electron chi connectivity index (χ3n) is 4.48. The maximum absolute atomic E-state index is 9.41. The van der Waals surface area contributed by atoms with Gasteiger partial charge in [0.2, 0.25) is 0 Å². The van der Waals surface area contributed by atoms with Crippen LogP contribution in [0.25, 0.3) is 0 Å². The van der Waals surface area contributed by atoms with Crippen LogP contribution in [0.4, 0.5) is 5.82 Å². The molecule has 11 heteroatoms. The second-order valence-corrected chi connectivity index (χ2v) is 8.70. The number of aromatic nitrogens is 4. The van der Waals surface area contributed by atoms with Gasteiger partial charge in [-0.1, -0.05) is 0 Å². The molecule has 4 aromatic heterocycles. The number of aryl methyl sites for hydroxylation is 1. The number of nitrogens with one attached hydrogen (secondary N) is 1. The van der Waals surface area contributed by atoms with Gasteiger partial charge in [0.05, 0.1) is 0 Å². The zero-order chi connectivity index (χ0) is 22.3. The summed E-state index contributed by atoms with van der Waals surface area (Å²) in [5.74, 6) is 1.11. The summed E-state index contributed by atoms with van der Waals surface area (Å²) < 4.78 is 6.15. The van der Waals surface area contributed by atoms with Crippen LogP contribution in [0, 0.1) is 6.92 Å². The van der Waals surface area contributed by atoms with Crippen LogP contribution in [0.3, 0.4) is 0 Å². The molecule has 0 bridgehead atoms. The number of hydrogen-bond acceptors (Lipinski definition) is 9. The molecule has 0 aliphatic rings. The molecule has 0 aliphatic heterocycles. The van der Waals surface area contributed by atoms with E-state index in [0.717, 1.165) is 15.6 Å². The van der Waals surface area contributed by atoms with Crippen LogP contribution in [0.15, 0.2) is 69.9 Å². The van der Waals surface area contributed by atoms with Gasteiger partial charge in [0.1, 0.15) is 0 Å². The molecule has 0 radical (unpaired) electrons. The predicted molar refractivity (Wildman–Crippen MR) is 124 cm³/mol. The Morgan fingerprint density at radius 2 is 1.97 bits per heavy atom. The van der Waals surface area contributed by atoms with Crippen molar-refractivity contribution in [3.8, 4) is 11.5 Å². The second kappa shape index (κ2) is 10.6. The Balaban J connectivity index is 1.71. The zero-order valence-corrected chi connectivity index (χ0v) is 18.8. The van der Waals surface area contributed by atoms with Crippen molar-refractivity contribution in [3.05, 3.63) is 71.1 Å². The fraction of sp³-hybridized carbons (Fsp3) is 0.190. The van der Waals surface area contributed by atoms with Gasteiger partial charge in [-0.25, -0.2) is 0 Å². The summed E-state index contributed by atoms with van der Waals surface area (Å²) in [6, 6.07) is 11.2. The number of ether oxygens (including phenoxy) is 1. The number of aromatic amines is 1. The van der Waals surface area contributed by atoms with Crippen LogP contribution in [0.2, 0.25) is 0 Å². The minimum absolute atomic E-state index is 0.157. The first-order valence-corrected chi connectivity index (χ1v) is 11.5. The van der Waals surface area contributed by atoms with Crippen molar-refractivity contribution in [2.75, 3.05) is 13.2 Å². The van der Waals surface area contributed by atoms with Crippen molar-refractivity contribution < 1.29 is 14.9 Å². The summed E-state index contributed by atoms with van der Waals surface area (Å²) in [7, 11) is 0. The third kappa shape index (κ3) is 5.49. The number of aliphatic hydroxyl groups excluding tert-OH is 2. The van der Waals surface area contributed by atoms with Gasteiger partial charge in [-0.2, -0.15) is 0 Å². The number of nitrogens with zero attached hydrogens (tertiary/aromatic N) is 4. The average Bonchev–Trinajstić information content (AvgIpc) is 3.27. The van der Waals surface area contributed by atoms with Crippen molar-refractivity contribution in [2.45, 2.75) is 22.8 Å². The van der Waals surface area contributed by atoms with Crippen molar-refractivity contribution in [1.82, 2.24) is 19.9 Å². The summed E-state index contributed by atoms with van der Waals surface area (Å²) in [6.07, 6.45) is 7.00. The van der Waals surface area contributed by atoms with E-state index in [2.05, 4.69) is 24.9 Å². The third-order valence-corrected chi connectivity index (χ3v) is 6.18. The fourth-order valence-electron chi connectivity index (χ4n) is 2.76. The van der Waals surface area contributed by atoms with Crippen molar-refractivity contribution in [3.63, 3.8) is 0 Å². The van der Waals surface area contributed by atoms with Crippen LogP contribution >= 0.6 is 22.9 Å². The van der Waals surface area contributed by atoms with E-state index in [1.807, 2.05) is 49.5 Å². The molecule has 0 aromatic carbocycles. The number of pyridine rings is 3. The van der Waals surface area contributed by atoms with Gasteiger partial charge in [-0.3, -0.25) is 0 Å². The minimum atomic E-state index is -0.380. The summed E-state index contributed by atoms with van der Waals surface area (Å²) in [6.45, 7) is 1.56. The monoisotopic (exact) mass is 465 g/mol. The Kier molecular flexibility index (Phi) is 7.43. The Hall–Kier alpha value is -2.86. The average molecular weight is 465 g/mol. The summed E-state index contributed by atoms with van der Waals surface area (Å²) in [5.41, 5.74) is 1.46. The van der Waals surface area contributed by atoms with Gasteiger partial charge in [0.15, 0.2) is 0 Å². The van der Waals surface area contributed by atoms with Gasteiger partial charge in [0, 0.05) is 0 Å². The Bertz CT molecular complexity index is 1250. The van der Waals surface area contributed by atoms with Crippen molar-refractivity contribution in [1.29, 1.82) is 0 Å². The molecule has 0 aliphatic carbocycles. The SMILES string of the molecule is Cc1ncccc1Oc1cc(Sc2ccccn2)cnc1/N=c1/[nH]c(C(CO)CO)bs1. The molecule has 0 fully saturated rings. The van der Waals surface area contributed by atoms with Gasteiger partial charge < -0.3 is 0 Å². The molecule has 3 N–H and O–H groups in total. The second-order valence-electron chi connectivity index (χ2n) is 6.75. The standard InChI is InChI=1S/C21H20BN5O3S2/c1-13-16(5-4-8-23-13)30-17-9-15(31-18-6-2-3-7-24-18)10-25-20(17)27-21-26-19(22-32-21)14(11-28)12-29/h2-10,14,28-29H,11-12H2,1H3,(H,25,26,27). The van der Waals surface area contributed by atoms with Gasteiger partial charge in [0.25, 0.3) is 0 Å². The molecule has 4 rings (SSSR count). The molecule has 0 atom stereocenters. The van der Waals surface area contributed by atoms with E-state index in [-0.39, 0.29) is 19.1 Å². The molecule has 0 saturated carbocycles. The van der Waals surface area contributed by atoms with E-state index in [1.165, 1.54) is 22.9 Å². The molecule has 8 nitrogen and oxygen atoms in total. The van der Waals surface area contributed by atoms with Crippen LogP contribution in [0.1, 0.15) is 17.2 Å². The van der Waals surface area contributed by atoms with E-state index < -0.39 is 0 Å². The van der Waals surface area contributed by atoms with E-state index in [1.54, 1.807) is 18.6 Å². The molecular weight excluding hydrogens is 445 g/mol. The van der Waals surface area contributed by atoms with E-state index >= 15 is 0 Å². The molecule has 4 heterocycles. The normalized spacial score (nSPS) is 11.7. The molecule has 0 saturated heterocycles. The molecule has 162 valence electrons. The van der Waals surface area contributed by atoms with Gasteiger partial charge in [-0.15, -0.1) is 0 Å². The maximum atomic E-state index is 9.41. The summed E-state index contributed by atoms with van der Waals surface area (Å²) in [5, 5.41) is 19.7. The first-order chi connectivity index (χ1) is 15.7. The van der Waals surface area contributed by atoms with Crippen LogP contribution in [-0.4, -0.2) is 49.5 Å². The summed E-state index contributed by atoms with van der Waals surface area (Å²) >= 11 is 2.83. The number of rotatable bonds is 8. The fourth-order valence-corrected chi connectivity index (χ4v) is 4.34. The number of H-pyrrole nitrogens is 1. The molecule has 0 spiro atoms. The molecule has 0 amide bonds. The van der Waals surface area contributed by atoms with Crippen LogP contribution in [-0.2, 0) is 0 Å². The Morgan fingerprint density at radius 3 is 2.72 bits per heavy atom. The number of hydrogen-bond donors (Lipinski definition) is 3. The predicted octanol–water partition coefficient (Wildman–Crippen LogP) is 3.15. The van der Waals surface area contributed by atoms with Crippen LogP contribution in [0.5, 0.6) is 11.5 Å². The van der Waals surface area contributed by atoms with Crippen molar-refractivity contribution in [2.24, 2.45) is 4.99 Å². The molecular formula is C21H20BN5O3S2. The quantitative estimate of drug-likeness (QED) is 0.366. The summed E-state index contributed by atoms with van der Waals surface area (Å²) in [4.78, 5) is 22.3. The first kappa shape index (κ1) is 22.3. The van der Waals surface area contributed by atoms with E-state index in [4.69, 9.17) is 4.74 Å². The Labute approximate surface area is 193 Å². The van der Waals surface area contributed by atoms with E-state index in [9.17, 15) is 10.2 Å². The molecule has 0 unspecified atom stereocenters. The molecule has 32 heavy (non-hydrogen) atoms. The number of aliphatic hydroxyl groups is 2. The van der Waals surface area contributed by atoms with Gasteiger partial charge >= 0.3 is 193 Å². The van der Waals surface area contributed by atoms with E-state index in [0.29, 0.717) is 27.7 Å². The van der Waals surface area contributed by atoms with Crippen molar-refractivity contribution >= 4 is 34.9 Å². The Morgan fingerprint density at radius 1 is 1.12 bits per heavy atom. The van der Waals surface area contributed by atoms with Crippen LogP contribution < -0.4 is 9.54 Å². The topological polar surface area (TPSA) is 117 Å².